The standard InChI is InChI=1S/C18H25NO2/c1-4-14(3)17-8-6-7-9-18(17)21-13-16-10-15(12-20-16)11-19-5-2/h6-10,12,14,19H,4-5,11,13H2,1-3H3. The first-order valence-electron chi connectivity index (χ1n) is 7.73. The lowest BCUT2D eigenvalue weighted by Crippen LogP contribution is -2.10. The van der Waals surface area contributed by atoms with Crippen LogP contribution in [0.25, 0.3) is 0 Å². The van der Waals surface area contributed by atoms with Crippen LogP contribution in [0.4, 0.5) is 0 Å². The van der Waals surface area contributed by atoms with Gasteiger partial charge in [0.2, 0.25) is 0 Å². The first-order valence-corrected chi connectivity index (χ1v) is 7.73. The van der Waals surface area contributed by atoms with Gasteiger partial charge in [-0.1, -0.05) is 39.0 Å². The Morgan fingerprint density at radius 2 is 2.05 bits per heavy atom. The second-order valence-electron chi connectivity index (χ2n) is 5.34. The molecule has 0 radical (unpaired) electrons. The molecule has 1 unspecified atom stereocenters. The molecule has 2 rings (SSSR count). The number of ether oxygens (including phenoxy) is 1. The molecule has 0 aliphatic heterocycles. The van der Waals surface area contributed by atoms with Gasteiger partial charge in [0.25, 0.3) is 0 Å². The van der Waals surface area contributed by atoms with Gasteiger partial charge < -0.3 is 14.5 Å². The Hall–Kier alpha value is -1.74. The number of benzene rings is 1. The molecule has 1 aromatic heterocycles. The summed E-state index contributed by atoms with van der Waals surface area (Å²) < 4.78 is 11.5. The number of para-hydroxylation sites is 1. The van der Waals surface area contributed by atoms with Gasteiger partial charge in [-0.05, 0) is 36.6 Å². The van der Waals surface area contributed by atoms with E-state index in [2.05, 4.69) is 44.3 Å². The summed E-state index contributed by atoms with van der Waals surface area (Å²) in [5.74, 6) is 2.32. The normalized spacial score (nSPS) is 12.3. The second kappa shape index (κ2) is 7.89. The first kappa shape index (κ1) is 15.6. The molecule has 1 heterocycles. The molecule has 0 fully saturated rings. The van der Waals surface area contributed by atoms with Crippen LogP contribution in [0, 0.1) is 0 Å². The summed E-state index contributed by atoms with van der Waals surface area (Å²) in [5.41, 5.74) is 2.42. The molecule has 0 bridgehead atoms. The lowest BCUT2D eigenvalue weighted by atomic mass is 9.98. The van der Waals surface area contributed by atoms with Crippen LogP contribution in [0.15, 0.2) is 41.0 Å². The van der Waals surface area contributed by atoms with Crippen molar-refractivity contribution in [3.63, 3.8) is 0 Å². The molecule has 0 aliphatic rings. The highest BCUT2D eigenvalue weighted by Gasteiger charge is 2.10. The molecule has 0 saturated carbocycles. The lowest BCUT2D eigenvalue weighted by Gasteiger charge is -2.14. The molecule has 1 aromatic carbocycles. The summed E-state index contributed by atoms with van der Waals surface area (Å²) in [6.07, 6.45) is 2.90. The maximum Gasteiger partial charge on any atom is 0.146 e. The number of hydrogen-bond donors (Lipinski definition) is 1. The van der Waals surface area contributed by atoms with Crippen LogP contribution in [-0.2, 0) is 13.2 Å². The minimum atomic E-state index is 0.472. The molecule has 0 spiro atoms. The van der Waals surface area contributed by atoms with Crippen LogP contribution in [0.5, 0.6) is 5.75 Å². The largest absolute Gasteiger partial charge is 0.485 e. The van der Waals surface area contributed by atoms with Crippen molar-refractivity contribution in [2.75, 3.05) is 6.54 Å². The van der Waals surface area contributed by atoms with Crippen molar-refractivity contribution in [3.8, 4) is 5.75 Å². The number of rotatable bonds is 8. The summed E-state index contributed by atoms with van der Waals surface area (Å²) in [5, 5.41) is 3.28. The number of nitrogens with one attached hydrogen (secondary N) is 1. The van der Waals surface area contributed by atoms with Crippen molar-refractivity contribution < 1.29 is 9.15 Å². The summed E-state index contributed by atoms with van der Waals surface area (Å²) in [6.45, 7) is 8.78. The lowest BCUT2D eigenvalue weighted by molar-refractivity contribution is 0.266. The van der Waals surface area contributed by atoms with Gasteiger partial charge in [-0.15, -0.1) is 0 Å². The van der Waals surface area contributed by atoms with Crippen molar-refractivity contribution in [2.24, 2.45) is 0 Å². The fourth-order valence-corrected chi connectivity index (χ4v) is 2.25. The van der Waals surface area contributed by atoms with Crippen LogP contribution >= 0.6 is 0 Å². The highest BCUT2D eigenvalue weighted by atomic mass is 16.5. The van der Waals surface area contributed by atoms with Gasteiger partial charge in [0, 0.05) is 12.1 Å². The van der Waals surface area contributed by atoms with Gasteiger partial charge >= 0.3 is 0 Å². The van der Waals surface area contributed by atoms with Gasteiger partial charge in [0.05, 0.1) is 6.26 Å². The van der Waals surface area contributed by atoms with E-state index >= 15 is 0 Å². The van der Waals surface area contributed by atoms with E-state index in [9.17, 15) is 0 Å². The van der Waals surface area contributed by atoms with E-state index in [1.54, 1.807) is 6.26 Å². The Bertz CT molecular complexity index is 548. The van der Waals surface area contributed by atoms with E-state index in [4.69, 9.17) is 9.15 Å². The smallest absolute Gasteiger partial charge is 0.146 e. The molecule has 3 heteroatoms. The van der Waals surface area contributed by atoms with Gasteiger partial charge in [0.15, 0.2) is 0 Å². The Kier molecular flexibility index (Phi) is 5.88. The quantitative estimate of drug-likeness (QED) is 0.777. The molecule has 0 amide bonds. The topological polar surface area (TPSA) is 34.4 Å². The Balaban J connectivity index is 1.98. The molecular formula is C18H25NO2. The van der Waals surface area contributed by atoms with E-state index in [0.717, 1.165) is 36.6 Å². The first-order chi connectivity index (χ1) is 10.2. The van der Waals surface area contributed by atoms with Gasteiger partial charge in [0.1, 0.15) is 18.1 Å². The van der Waals surface area contributed by atoms with Crippen molar-refractivity contribution in [1.82, 2.24) is 5.32 Å². The summed E-state index contributed by atoms with van der Waals surface area (Å²) in [6, 6.07) is 10.3. The predicted molar refractivity (Wildman–Crippen MR) is 85.6 cm³/mol. The summed E-state index contributed by atoms with van der Waals surface area (Å²) in [7, 11) is 0. The molecule has 3 nitrogen and oxygen atoms in total. The summed E-state index contributed by atoms with van der Waals surface area (Å²) in [4.78, 5) is 0. The molecule has 1 atom stereocenters. The van der Waals surface area contributed by atoms with E-state index in [1.165, 1.54) is 5.56 Å². The summed E-state index contributed by atoms with van der Waals surface area (Å²) >= 11 is 0. The van der Waals surface area contributed by atoms with Crippen molar-refractivity contribution in [3.05, 3.63) is 53.5 Å². The fourth-order valence-electron chi connectivity index (χ4n) is 2.25. The van der Waals surface area contributed by atoms with Crippen LogP contribution in [0.3, 0.4) is 0 Å². The third-order valence-corrected chi connectivity index (χ3v) is 3.72. The molecular weight excluding hydrogens is 262 g/mol. The Morgan fingerprint density at radius 1 is 1.24 bits per heavy atom. The fraction of sp³-hybridized carbons (Fsp3) is 0.444. The van der Waals surface area contributed by atoms with Crippen LogP contribution in [-0.4, -0.2) is 6.54 Å². The molecule has 114 valence electrons. The molecule has 2 aromatic rings. The van der Waals surface area contributed by atoms with Gasteiger partial charge in [-0.25, -0.2) is 0 Å². The molecule has 0 aliphatic carbocycles. The number of hydrogen-bond acceptors (Lipinski definition) is 3. The average Bonchev–Trinajstić information content (AvgIpc) is 2.98. The maximum atomic E-state index is 5.95. The third kappa shape index (κ3) is 4.36. The zero-order chi connectivity index (χ0) is 15.1. The monoisotopic (exact) mass is 287 g/mol. The highest BCUT2D eigenvalue weighted by molar-refractivity contribution is 5.36. The SMILES string of the molecule is CCNCc1coc(COc2ccccc2C(C)CC)c1. The van der Waals surface area contributed by atoms with E-state index < -0.39 is 0 Å². The third-order valence-electron chi connectivity index (χ3n) is 3.72. The van der Waals surface area contributed by atoms with Crippen LogP contribution in [0.1, 0.15) is 50.0 Å². The van der Waals surface area contributed by atoms with Gasteiger partial charge in [-0.3, -0.25) is 0 Å². The zero-order valence-corrected chi connectivity index (χ0v) is 13.2. The minimum absolute atomic E-state index is 0.472. The molecule has 0 saturated heterocycles. The second-order valence-corrected chi connectivity index (χ2v) is 5.34. The number of furan rings is 1. The predicted octanol–water partition coefficient (Wildman–Crippen LogP) is 4.48. The Morgan fingerprint density at radius 3 is 2.81 bits per heavy atom. The van der Waals surface area contributed by atoms with Crippen molar-refractivity contribution in [2.45, 2.75) is 46.3 Å². The highest BCUT2D eigenvalue weighted by Crippen LogP contribution is 2.29. The van der Waals surface area contributed by atoms with Crippen molar-refractivity contribution >= 4 is 0 Å². The zero-order valence-electron chi connectivity index (χ0n) is 13.2. The van der Waals surface area contributed by atoms with Crippen molar-refractivity contribution in [1.29, 1.82) is 0 Å². The maximum absolute atomic E-state index is 5.95. The van der Waals surface area contributed by atoms with E-state index in [-0.39, 0.29) is 0 Å². The average molecular weight is 287 g/mol. The van der Waals surface area contributed by atoms with Gasteiger partial charge in [-0.2, -0.15) is 0 Å². The molecule has 1 N–H and O–H groups in total. The minimum Gasteiger partial charge on any atom is -0.485 e. The van der Waals surface area contributed by atoms with Crippen LogP contribution < -0.4 is 10.1 Å². The Labute approximate surface area is 127 Å². The van der Waals surface area contributed by atoms with E-state index in [0.29, 0.717) is 12.5 Å². The van der Waals surface area contributed by atoms with Crippen LogP contribution in [0.2, 0.25) is 0 Å². The molecule has 21 heavy (non-hydrogen) atoms. The van der Waals surface area contributed by atoms with E-state index in [1.807, 2.05) is 12.1 Å².